The largest absolute Gasteiger partial charge is 0.385 e. The summed E-state index contributed by atoms with van der Waals surface area (Å²) >= 11 is 3.21. The number of aromatic nitrogens is 1. The molecule has 0 spiro atoms. The summed E-state index contributed by atoms with van der Waals surface area (Å²) in [4.78, 5) is 3.89. The van der Waals surface area contributed by atoms with Gasteiger partial charge in [0, 0.05) is 38.0 Å². The quantitative estimate of drug-likeness (QED) is 0.745. The minimum Gasteiger partial charge on any atom is -0.385 e. The fourth-order valence-electron chi connectivity index (χ4n) is 1.23. The Morgan fingerprint density at radius 3 is 2.71 bits per heavy atom. The van der Waals surface area contributed by atoms with Crippen LogP contribution in [-0.2, 0) is 14.8 Å². The van der Waals surface area contributed by atoms with Crippen LogP contribution < -0.4 is 0 Å². The highest BCUT2D eigenvalue weighted by Crippen LogP contribution is 2.14. The van der Waals surface area contributed by atoms with Crippen LogP contribution in [0.5, 0.6) is 0 Å². The van der Waals surface area contributed by atoms with Gasteiger partial charge in [-0.1, -0.05) is 0 Å². The minimum atomic E-state index is -3.49. The van der Waals surface area contributed by atoms with E-state index in [0.717, 1.165) is 4.47 Å². The van der Waals surface area contributed by atoms with Crippen LogP contribution in [0, 0.1) is 0 Å². The molecule has 7 heteroatoms. The average Bonchev–Trinajstić information content (AvgIpc) is 2.29. The van der Waals surface area contributed by atoms with Gasteiger partial charge in [-0.05, 0) is 34.5 Å². The molecule has 0 atom stereocenters. The third-order valence-corrected chi connectivity index (χ3v) is 4.44. The standard InChI is InChI=1S/C10H15BrN2O3S/c1-13(6-3-7-16-2)17(14,15)10-5-4-9(11)8-12-10/h4-5,8H,3,6-7H2,1-2H3. The Labute approximate surface area is 110 Å². The van der Waals surface area contributed by atoms with E-state index in [1.807, 2.05) is 0 Å². The van der Waals surface area contributed by atoms with Crippen molar-refractivity contribution in [2.75, 3.05) is 27.3 Å². The number of methoxy groups -OCH3 is 1. The first-order valence-corrected chi connectivity index (χ1v) is 7.28. The van der Waals surface area contributed by atoms with Gasteiger partial charge in [-0.15, -0.1) is 0 Å². The van der Waals surface area contributed by atoms with Crippen molar-refractivity contribution in [1.29, 1.82) is 0 Å². The molecule has 0 aliphatic carbocycles. The van der Waals surface area contributed by atoms with Crippen molar-refractivity contribution in [2.45, 2.75) is 11.4 Å². The summed E-state index contributed by atoms with van der Waals surface area (Å²) in [6.45, 7) is 0.946. The lowest BCUT2D eigenvalue weighted by Crippen LogP contribution is -2.29. The second-order valence-corrected chi connectivity index (χ2v) is 6.40. The lowest BCUT2D eigenvalue weighted by molar-refractivity contribution is 0.189. The summed E-state index contributed by atoms with van der Waals surface area (Å²) in [6.07, 6.45) is 2.12. The van der Waals surface area contributed by atoms with E-state index in [9.17, 15) is 8.42 Å². The second-order valence-electron chi connectivity index (χ2n) is 3.49. The highest BCUT2D eigenvalue weighted by Gasteiger charge is 2.21. The van der Waals surface area contributed by atoms with Crippen LogP contribution in [0.1, 0.15) is 6.42 Å². The van der Waals surface area contributed by atoms with E-state index in [1.54, 1.807) is 13.2 Å². The number of hydrogen-bond donors (Lipinski definition) is 0. The molecule has 0 radical (unpaired) electrons. The molecule has 0 fully saturated rings. The zero-order chi connectivity index (χ0) is 12.9. The number of pyridine rings is 1. The van der Waals surface area contributed by atoms with Crippen molar-refractivity contribution in [2.24, 2.45) is 0 Å². The van der Waals surface area contributed by atoms with Crippen LogP contribution in [-0.4, -0.2) is 45.0 Å². The van der Waals surface area contributed by atoms with Gasteiger partial charge >= 0.3 is 0 Å². The van der Waals surface area contributed by atoms with Gasteiger partial charge < -0.3 is 4.74 Å². The molecule has 0 unspecified atom stereocenters. The van der Waals surface area contributed by atoms with Crippen molar-refractivity contribution in [1.82, 2.24) is 9.29 Å². The molecule has 96 valence electrons. The van der Waals surface area contributed by atoms with Crippen molar-refractivity contribution in [3.8, 4) is 0 Å². The third-order valence-electron chi connectivity index (χ3n) is 2.20. The second kappa shape index (κ2) is 6.44. The van der Waals surface area contributed by atoms with Crippen LogP contribution in [0.15, 0.2) is 27.8 Å². The highest BCUT2D eigenvalue weighted by atomic mass is 79.9. The first-order valence-electron chi connectivity index (χ1n) is 5.05. The molecule has 1 rings (SSSR count). The maximum atomic E-state index is 12.0. The van der Waals surface area contributed by atoms with Crippen molar-refractivity contribution >= 4 is 26.0 Å². The Morgan fingerprint density at radius 1 is 1.47 bits per heavy atom. The average molecular weight is 323 g/mol. The molecule has 0 aromatic carbocycles. The lowest BCUT2D eigenvalue weighted by atomic mass is 10.5. The molecule has 0 N–H and O–H groups in total. The van der Waals surface area contributed by atoms with Gasteiger partial charge in [0.25, 0.3) is 10.0 Å². The molecular formula is C10H15BrN2O3S. The maximum absolute atomic E-state index is 12.0. The summed E-state index contributed by atoms with van der Waals surface area (Å²) in [5, 5.41) is 0.0561. The Morgan fingerprint density at radius 2 is 2.18 bits per heavy atom. The van der Waals surface area contributed by atoms with Gasteiger partial charge in [0.05, 0.1) is 0 Å². The number of rotatable bonds is 6. The van der Waals surface area contributed by atoms with Crippen LogP contribution >= 0.6 is 15.9 Å². The number of halogens is 1. The van der Waals surface area contributed by atoms with Gasteiger partial charge in [-0.3, -0.25) is 0 Å². The molecule has 0 saturated heterocycles. The molecular weight excluding hydrogens is 308 g/mol. The van der Waals surface area contributed by atoms with Crippen molar-refractivity contribution in [3.63, 3.8) is 0 Å². The molecule has 1 aromatic heterocycles. The van der Waals surface area contributed by atoms with Gasteiger partial charge in [0.1, 0.15) is 0 Å². The zero-order valence-corrected chi connectivity index (χ0v) is 12.2. The Hall–Kier alpha value is -0.500. The third kappa shape index (κ3) is 4.02. The summed E-state index contributed by atoms with van der Waals surface area (Å²) in [7, 11) is -0.366. The Kier molecular flexibility index (Phi) is 5.51. The number of hydrogen-bond acceptors (Lipinski definition) is 4. The van der Waals surface area contributed by atoms with Gasteiger partial charge in [0.15, 0.2) is 5.03 Å². The van der Waals surface area contributed by atoms with Crippen LogP contribution in [0.3, 0.4) is 0 Å². The van der Waals surface area contributed by atoms with Gasteiger partial charge in [-0.25, -0.2) is 13.4 Å². The number of ether oxygens (including phenoxy) is 1. The van der Waals surface area contributed by atoms with E-state index in [0.29, 0.717) is 19.6 Å². The topological polar surface area (TPSA) is 59.5 Å². The number of sulfonamides is 1. The summed E-state index contributed by atoms with van der Waals surface area (Å²) in [5.41, 5.74) is 0. The van der Waals surface area contributed by atoms with Crippen LogP contribution in [0.2, 0.25) is 0 Å². The fraction of sp³-hybridized carbons (Fsp3) is 0.500. The SMILES string of the molecule is COCCCN(C)S(=O)(=O)c1ccc(Br)cn1. The fourth-order valence-corrected chi connectivity index (χ4v) is 2.58. The maximum Gasteiger partial charge on any atom is 0.260 e. The van der Waals surface area contributed by atoms with Gasteiger partial charge in [-0.2, -0.15) is 4.31 Å². The molecule has 1 heterocycles. The normalized spacial score (nSPS) is 12.0. The Balaban J connectivity index is 2.76. The minimum absolute atomic E-state index is 0.0561. The van der Waals surface area contributed by atoms with Crippen molar-refractivity contribution in [3.05, 3.63) is 22.8 Å². The van der Waals surface area contributed by atoms with Gasteiger partial charge in [0.2, 0.25) is 0 Å². The smallest absolute Gasteiger partial charge is 0.260 e. The predicted molar refractivity (Wildman–Crippen MR) is 68.2 cm³/mol. The molecule has 0 aliphatic heterocycles. The molecule has 0 bridgehead atoms. The number of nitrogens with zero attached hydrogens (tertiary/aromatic N) is 2. The summed E-state index contributed by atoms with van der Waals surface area (Å²) < 4.78 is 31.0. The molecule has 5 nitrogen and oxygen atoms in total. The monoisotopic (exact) mass is 322 g/mol. The van der Waals surface area contributed by atoms with Crippen LogP contribution in [0.4, 0.5) is 0 Å². The summed E-state index contributed by atoms with van der Waals surface area (Å²) in [6, 6.07) is 3.13. The highest BCUT2D eigenvalue weighted by molar-refractivity contribution is 9.10. The van der Waals surface area contributed by atoms with Crippen molar-refractivity contribution < 1.29 is 13.2 Å². The van der Waals surface area contributed by atoms with E-state index in [2.05, 4.69) is 20.9 Å². The van der Waals surface area contributed by atoms with E-state index >= 15 is 0 Å². The van der Waals surface area contributed by atoms with E-state index in [1.165, 1.54) is 23.6 Å². The first kappa shape index (κ1) is 14.6. The molecule has 0 aliphatic rings. The first-order chi connectivity index (χ1) is 7.98. The summed E-state index contributed by atoms with van der Waals surface area (Å²) in [5.74, 6) is 0. The van der Waals surface area contributed by atoms with Crippen LogP contribution in [0.25, 0.3) is 0 Å². The predicted octanol–water partition coefficient (Wildman–Crippen LogP) is 1.50. The lowest BCUT2D eigenvalue weighted by Gasteiger charge is -2.16. The zero-order valence-electron chi connectivity index (χ0n) is 9.76. The Bertz CT molecular complexity index is 447. The van der Waals surface area contributed by atoms with E-state index < -0.39 is 10.0 Å². The van der Waals surface area contributed by atoms with E-state index in [4.69, 9.17) is 4.74 Å². The molecule has 1 aromatic rings. The molecule has 0 amide bonds. The molecule has 0 saturated carbocycles. The molecule has 17 heavy (non-hydrogen) atoms. The van der Waals surface area contributed by atoms with E-state index in [-0.39, 0.29) is 5.03 Å².